The first-order valence-electron chi connectivity index (χ1n) is 4.93. The van der Waals surface area contributed by atoms with Gasteiger partial charge in [0.05, 0.1) is 6.33 Å². The van der Waals surface area contributed by atoms with Gasteiger partial charge in [-0.1, -0.05) is 0 Å². The van der Waals surface area contributed by atoms with Gasteiger partial charge in [0.1, 0.15) is 11.7 Å². The SMILES string of the molecule is CCNC(=O)C(C)Nc1nc[nH]c(=O)c1N. The molecule has 1 heterocycles. The van der Waals surface area contributed by atoms with Crippen LogP contribution in [-0.4, -0.2) is 28.5 Å². The fourth-order valence-electron chi connectivity index (χ4n) is 1.12. The lowest BCUT2D eigenvalue weighted by molar-refractivity contribution is -0.121. The molecule has 0 aliphatic rings. The molecule has 1 rings (SSSR count). The summed E-state index contributed by atoms with van der Waals surface area (Å²) in [5, 5.41) is 5.41. The molecule has 7 nitrogen and oxygen atoms in total. The largest absolute Gasteiger partial charge is 0.391 e. The van der Waals surface area contributed by atoms with Gasteiger partial charge in [-0.25, -0.2) is 4.98 Å². The van der Waals surface area contributed by atoms with E-state index in [0.717, 1.165) is 0 Å². The maximum absolute atomic E-state index is 11.4. The van der Waals surface area contributed by atoms with Gasteiger partial charge in [0.15, 0.2) is 5.82 Å². The second kappa shape index (κ2) is 5.15. The summed E-state index contributed by atoms with van der Waals surface area (Å²) in [4.78, 5) is 28.8. The van der Waals surface area contributed by atoms with Crippen molar-refractivity contribution in [2.75, 3.05) is 17.6 Å². The number of hydrogen-bond donors (Lipinski definition) is 4. The molecule has 0 fully saturated rings. The van der Waals surface area contributed by atoms with Crippen molar-refractivity contribution in [2.45, 2.75) is 19.9 Å². The quantitative estimate of drug-likeness (QED) is 0.540. The summed E-state index contributed by atoms with van der Waals surface area (Å²) in [5.74, 6) is 0.0338. The minimum absolute atomic E-state index is 0.0290. The van der Waals surface area contributed by atoms with Crippen LogP contribution in [0.1, 0.15) is 13.8 Å². The zero-order valence-electron chi connectivity index (χ0n) is 9.20. The van der Waals surface area contributed by atoms with E-state index in [9.17, 15) is 9.59 Å². The standard InChI is InChI=1S/C9H15N5O2/c1-3-11-8(15)5(2)14-7-6(10)9(16)13-4-12-7/h4-5H,3,10H2,1-2H3,(H,11,15)(H2,12,13,14,16). The summed E-state index contributed by atoms with van der Waals surface area (Å²) >= 11 is 0. The summed E-state index contributed by atoms with van der Waals surface area (Å²) in [7, 11) is 0. The highest BCUT2D eigenvalue weighted by atomic mass is 16.2. The lowest BCUT2D eigenvalue weighted by atomic mass is 10.3. The van der Waals surface area contributed by atoms with Crippen LogP contribution in [0.25, 0.3) is 0 Å². The maximum atomic E-state index is 11.4. The van der Waals surface area contributed by atoms with Crippen molar-refractivity contribution in [3.63, 3.8) is 0 Å². The maximum Gasteiger partial charge on any atom is 0.276 e. The van der Waals surface area contributed by atoms with E-state index in [4.69, 9.17) is 5.73 Å². The highest BCUT2D eigenvalue weighted by molar-refractivity contribution is 5.84. The predicted molar refractivity (Wildman–Crippen MR) is 61.0 cm³/mol. The second-order valence-electron chi connectivity index (χ2n) is 3.25. The smallest absolute Gasteiger partial charge is 0.276 e. The molecule has 1 aromatic heterocycles. The van der Waals surface area contributed by atoms with Crippen LogP contribution in [0.2, 0.25) is 0 Å². The number of aromatic amines is 1. The molecule has 0 saturated carbocycles. The van der Waals surface area contributed by atoms with Crippen molar-refractivity contribution >= 4 is 17.4 Å². The van der Waals surface area contributed by atoms with Crippen molar-refractivity contribution in [3.05, 3.63) is 16.7 Å². The van der Waals surface area contributed by atoms with E-state index in [1.165, 1.54) is 6.33 Å². The summed E-state index contributed by atoms with van der Waals surface area (Å²) in [6.07, 6.45) is 1.23. The Morgan fingerprint density at radius 2 is 2.38 bits per heavy atom. The first kappa shape index (κ1) is 12.0. The first-order valence-corrected chi connectivity index (χ1v) is 4.93. The number of carbonyl (C=O) groups excluding carboxylic acids is 1. The number of amides is 1. The fourth-order valence-corrected chi connectivity index (χ4v) is 1.12. The van der Waals surface area contributed by atoms with Gasteiger partial charge in [-0.3, -0.25) is 9.59 Å². The number of nitrogens with two attached hydrogens (primary N) is 1. The number of H-pyrrole nitrogens is 1. The lowest BCUT2D eigenvalue weighted by Gasteiger charge is -2.14. The molecular weight excluding hydrogens is 210 g/mol. The van der Waals surface area contributed by atoms with Gasteiger partial charge in [-0.2, -0.15) is 0 Å². The predicted octanol–water partition coefficient (Wildman–Crippen LogP) is -0.711. The molecule has 0 aromatic carbocycles. The normalized spacial score (nSPS) is 11.9. The lowest BCUT2D eigenvalue weighted by Crippen LogP contribution is -2.38. The Hall–Kier alpha value is -2.05. The first-order chi connectivity index (χ1) is 7.56. The van der Waals surface area contributed by atoms with Gasteiger partial charge in [0.25, 0.3) is 5.56 Å². The van der Waals surface area contributed by atoms with Gasteiger partial charge in [0, 0.05) is 6.54 Å². The van der Waals surface area contributed by atoms with Crippen molar-refractivity contribution in [2.24, 2.45) is 0 Å². The number of nitrogens with one attached hydrogen (secondary N) is 3. The Kier molecular flexibility index (Phi) is 3.87. The molecule has 0 aliphatic heterocycles. The Balaban J connectivity index is 2.77. The van der Waals surface area contributed by atoms with Crippen LogP contribution >= 0.6 is 0 Å². The van der Waals surface area contributed by atoms with E-state index in [1.807, 2.05) is 6.92 Å². The monoisotopic (exact) mass is 225 g/mol. The van der Waals surface area contributed by atoms with Crippen molar-refractivity contribution < 1.29 is 4.79 Å². The summed E-state index contributed by atoms with van der Waals surface area (Å²) in [5.41, 5.74) is 5.05. The average Bonchev–Trinajstić information content (AvgIpc) is 2.25. The van der Waals surface area contributed by atoms with Crippen LogP contribution in [-0.2, 0) is 4.79 Å². The highest BCUT2D eigenvalue weighted by Gasteiger charge is 2.14. The van der Waals surface area contributed by atoms with Gasteiger partial charge < -0.3 is 21.4 Å². The molecule has 0 aliphatic carbocycles. The minimum Gasteiger partial charge on any atom is -0.391 e. The Morgan fingerprint density at radius 1 is 1.69 bits per heavy atom. The number of carbonyl (C=O) groups is 1. The number of aromatic nitrogens is 2. The van der Waals surface area contributed by atoms with E-state index >= 15 is 0 Å². The van der Waals surface area contributed by atoms with E-state index in [-0.39, 0.29) is 17.4 Å². The summed E-state index contributed by atoms with van der Waals surface area (Å²) in [6.45, 7) is 4.03. The van der Waals surface area contributed by atoms with Crippen molar-refractivity contribution in [3.8, 4) is 0 Å². The molecule has 0 bridgehead atoms. The van der Waals surface area contributed by atoms with Crippen LogP contribution in [0.15, 0.2) is 11.1 Å². The van der Waals surface area contributed by atoms with E-state index in [2.05, 4.69) is 20.6 Å². The number of nitrogen functional groups attached to an aromatic ring is 1. The van der Waals surface area contributed by atoms with Crippen LogP contribution in [0.5, 0.6) is 0 Å². The molecule has 16 heavy (non-hydrogen) atoms. The molecule has 0 radical (unpaired) electrons. The van der Waals surface area contributed by atoms with E-state index < -0.39 is 11.6 Å². The molecule has 0 spiro atoms. The Labute approximate surface area is 92.5 Å². The van der Waals surface area contributed by atoms with E-state index in [1.54, 1.807) is 6.92 Å². The third kappa shape index (κ3) is 2.72. The molecule has 5 N–H and O–H groups in total. The van der Waals surface area contributed by atoms with Gasteiger partial charge in [0.2, 0.25) is 5.91 Å². The van der Waals surface area contributed by atoms with Crippen LogP contribution in [0, 0.1) is 0 Å². The van der Waals surface area contributed by atoms with E-state index in [0.29, 0.717) is 6.54 Å². The molecule has 1 amide bonds. The topological polar surface area (TPSA) is 113 Å². The van der Waals surface area contributed by atoms with Crippen LogP contribution in [0.3, 0.4) is 0 Å². The zero-order valence-corrected chi connectivity index (χ0v) is 9.20. The van der Waals surface area contributed by atoms with Crippen LogP contribution < -0.4 is 21.9 Å². The third-order valence-electron chi connectivity index (χ3n) is 1.99. The molecule has 0 saturated heterocycles. The number of hydrogen-bond acceptors (Lipinski definition) is 5. The summed E-state index contributed by atoms with van der Waals surface area (Å²) in [6, 6.07) is -0.503. The minimum atomic E-state index is -0.503. The molecule has 1 atom stereocenters. The van der Waals surface area contributed by atoms with Crippen molar-refractivity contribution in [1.82, 2.24) is 15.3 Å². The molecular formula is C9H15N5O2. The Bertz CT molecular complexity index is 428. The number of anilines is 2. The number of likely N-dealkylation sites (N-methyl/N-ethyl adjacent to an activating group) is 1. The molecule has 7 heteroatoms. The second-order valence-corrected chi connectivity index (χ2v) is 3.25. The zero-order chi connectivity index (χ0) is 12.1. The van der Waals surface area contributed by atoms with Crippen molar-refractivity contribution in [1.29, 1.82) is 0 Å². The average molecular weight is 225 g/mol. The molecule has 1 aromatic rings. The fraction of sp³-hybridized carbons (Fsp3) is 0.444. The third-order valence-corrected chi connectivity index (χ3v) is 1.99. The summed E-state index contributed by atoms with van der Waals surface area (Å²) < 4.78 is 0. The van der Waals surface area contributed by atoms with Gasteiger partial charge >= 0.3 is 0 Å². The number of rotatable bonds is 4. The number of nitrogens with zero attached hydrogens (tertiary/aromatic N) is 1. The molecule has 1 unspecified atom stereocenters. The highest BCUT2D eigenvalue weighted by Crippen LogP contribution is 2.08. The molecule has 88 valence electrons. The Morgan fingerprint density at radius 3 is 3.00 bits per heavy atom. The van der Waals surface area contributed by atoms with Gasteiger partial charge in [-0.05, 0) is 13.8 Å². The van der Waals surface area contributed by atoms with Crippen LogP contribution in [0.4, 0.5) is 11.5 Å². The van der Waals surface area contributed by atoms with Gasteiger partial charge in [-0.15, -0.1) is 0 Å².